The molecule has 1 aliphatic heterocycles. The van der Waals surface area contributed by atoms with Crippen molar-refractivity contribution in [3.63, 3.8) is 0 Å². The summed E-state index contributed by atoms with van der Waals surface area (Å²) in [6, 6.07) is 7.03. The standard InChI is InChI=1S/C15H18N4O3/c1-18-13(10-16-15(21)19-6-8-22-9-7-19)17-12-5-3-2-4-11(12)14(18)20/h2-5H,6-10H2,1H3,(H,16,21). The summed E-state index contributed by atoms with van der Waals surface area (Å²) < 4.78 is 6.69. The Bertz CT molecular complexity index is 750. The first-order valence-corrected chi connectivity index (χ1v) is 7.22. The molecule has 0 saturated carbocycles. The molecule has 1 N–H and O–H groups in total. The lowest BCUT2D eigenvalue weighted by Gasteiger charge is -2.27. The van der Waals surface area contributed by atoms with E-state index in [0.717, 1.165) is 0 Å². The number of benzene rings is 1. The molecule has 1 aliphatic rings. The Kier molecular flexibility index (Phi) is 4.06. The van der Waals surface area contributed by atoms with Gasteiger partial charge in [-0.1, -0.05) is 12.1 Å². The minimum absolute atomic E-state index is 0.110. The van der Waals surface area contributed by atoms with Crippen LogP contribution in [0.15, 0.2) is 29.1 Å². The number of rotatable bonds is 2. The molecule has 0 atom stereocenters. The van der Waals surface area contributed by atoms with Gasteiger partial charge < -0.3 is 15.0 Å². The Morgan fingerprint density at radius 3 is 2.82 bits per heavy atom. The van der Waals surface area contributed by atoms with E-state index in [4.69, 9.17) is 4.74 Å². The largest absolute Gasteiger partial charge is 0.378 e. The van der Waals surface area contributed by atoms with Gasteiger partial charge in [0.05, 0.1) is 30.7 Å². The van der Waals surface area contributed by atoms with Crippen LogP contribution in [-0.2, 0) is 18.3 Å². The molecule has 2 amide bonds. The number of urea groups is 1. The number of nitrogens with one attached hydrogen (secondary N) is 1. The summed E-state index contributed by atoms with van der Waals surface area (Å²) in [5, 5.41) is 3.39. The Balaban J connectivity index is 1.77. The van der Waals surface area contributed by atoms with E-state index >= 15 is 0 Å². The molecule has 116 valence electrons. The minimum atomic E-state index is -0.161. The first-order chi connectivity index (χ1) is 10.7. The van der Waals surface area contributed by atoms with Crippen LogP contribution in [0.1, 0.15) is 5.82 Å². The van der Waals surface area contributed by atoms with Crippen molar-refractivity contribution in [2.24, 2.45) is 7.05 Å². The topological polar surface area (TPSA) is 76.5 Å². The summed E-state index contributed by atoms with van der Waals surface area (Å²) in [5.74, 6) is 0.533. The molecule has 7 heteroatoms. The highest BCUT2D eigenvalue weighted by Crippen LogP contribution is 2.07. The van der Waals surface area contributed by atoms with Crippen molar-refractivity contribution >= 4 is 16.9 Å². The average molecular weight is 302 g/mol. The van der Waals surface area contributed by atoms with E-state index in [1.165, 1.54) is 4.57 Å². The molecule has 0 radical (unpaired) electrons. The van der Waals surface area contributed by atoms with E-state index in [1.54, 1.807) is 24.1 Å². The van der Waals surface area contributed by atoms with Gasteiger partial charge in [0.2, 0.25) is 0 Å². The van der Waals surface area contributed by atoms with Crippen molar-refractivity contribution in [2.75, 3.05) is 26.3 Å². The zero-order chi connectivity index (χ0) is 15.5. The normalized spacial score (nSPS) is 15.0. The Morgan fingerprint density at radius 2 is 2.05 bits per heavy atom. The Labute approximate surface area is 127 Å². The number of hydrogen-bond donors (Lipinski definition) is 1. The van der Waals surface area contributed by atoms with Crippen LogP contribution in [0.3, 0.4) is 0 Å². The van der Waals surface area contributed by atoms with Crippen LogP contribution in [0.25, 0.3) is 10.9 Å². The van der Waals surface area contributed by atoms with E-state index in [-0.39, 0.29) is 18.1 Å². The molecule has 0 spiro atoms. The van der Waals surface area contributed by atoms with Crippen molar-refractivity contribution < 1.29 is 9.53 Å². The molecule has 0 unspecified atom stereocenters. The molecule has 7 nitrogen and oxygen atoms in total. The Morgan fingerprint density at radius 1 is 1.32 bits per heavy atom. The van der Waals surface area contributed by atoms with Crippen molar-refractivity contribution in [1.82, 2.24) is 19.8 Å². The second kappa shape index (κ2) is 6.15. The van der Waals surface area contributed by atoms with Gasteiger partial charge in [-0.2, -0.15) is 0 Å². The van der Waals surface area contributed by atoms with Gasteiger partial charge in [0.25, 0.3) is 5.56 Å². The number of ether oxygens (including phenoxy) is 1. The fourth-order valence-corrected chi connectivity index (χ4v) is 2.45. The molecule has 1 aromatic carbocycles. The van der Waals surface area contributed by atoms with E-state index in [2.05, 4.69) is 10.3 Å². The van der Waals surface area contributed by atoms with Gasteiger partial charge >= 0.3 is 6.03 Å². The van der Waals surface area contributed by atoms with E-state index in [9.17, 15) is 9.59 Å². The molecule has 1 aromatic heterocycles. The molecular weight excluding hydrogens is 284 g/mol. The average Bonchev–Trinajstić information content (AvgIpc) is 2.57. The monoisotopic (exact) mass is 302 g/mol. The van der Waals surface area contributed by atoms with Gasteiger partial charge in [0.15, 0.2) is 0 Å². The molecule has 0 bridgehead atoms. The molecule has 1 saturated heterocycles. The third-order valence-corrected chi connectivity index (χ3v) is 3.77. The van der Waals surface area contributed by atoms with Gasteiger partial charge in [0, 0.05) is 20.1 Å². The van der Waals surface area contributed by atoms with E-state index < -0.39 is 0 Å². The third kappa shape index (κ3) is 2.80. The number of amides is 2. The molecule has 2 heterocycles. The lowest BCUT2D eigenvalue weighted by atomic mass is 10.2. The maximum absolute atomic E-state index is 12.3. The van der Waals surface area contributed by atoms with E-state index in [0.29, 0.717) is 43.0 Å². The summed E-state index contributed by atoms with van der Waals surface area (Å²) >= 11 is 0. The first kappa shape index (κ1) is 14.5. The van der Waals surface area contributed by atoms with Gasteiger partial charge in [0.1, 0.15) is 5.82 Å². The van der Waals surface area contributed by atoms with Gasteiger partial charge in [-0.05, 0) is 12.1 Å². The lowest BCUT2D eigenvalue weighted by molar-refractivity contribution is 0.0531. The zero-order valence-electron chi connectivity index (χ0n) is 12.4. The SMILES string of the molecule is Cn1c(CNC(=O)N2CCOCC2)nc2ccccc2c1=O. The van der Waals surface area contributed by atoms with Crippen molar-refractivity contribution in [3.8, 4) is 0 Å². The van der Waals surface area contributed by atoms with Crippen LogP contribution in [0.4, 0.5) is 4.79 Å². The Hall–Kier alpha value is -2.41. The summed E-state index contributed by atoms with van der Waals surface area (Å²) in [6.45, 7) is 2.48. The van der Waals surface area contributed by atoms with Crippen LogP contribution in [-0.4, -0.2) is 46.8 Å². The number of hydrogen-bond acceptors (Lipinski definition) is 4. The van der Waals surface area contributed by atoms with Gasteiger partial charge in [-0.3, -0.25) is 9.36 Å². The smallest absolute Gasteiger partial charge is 0.317 e. The predicted octanol–water partition coefficient (Wildman–Crippen LogP) is 0.475. The van der Waals surface area contributed by atoms with Crippen LogP contribution >= 0.6 is 0 Å². The van der Waals surface area contributed by atoms with Crippen LogP contribution in [0, 0.1) is 0 Å². The number of carbonyl (C=O) groups is 1. The number of para-hydroxylation sites is 1. The highest BCUT2D eigenvalue weighted by molar-refractivity contribution is 5.77. The minimum Gasteiger partial charge on any atom is -0.378 e. The number of nitrogens with zero attached hydrogens (tertiary/aromatic N) is 3. The van der Waals surface area contributed by atoms with Crippen LogP contribution in [0.2, 0.25) is 0 Å². The van der Waals surface area contributed by atoms with Crippen LogP contribution in [0.5, 0.6) is 0 Å². The zero-order valence-corrected chi connectivity index (χ0v) is 12.4. The maximum atomic E-state index is 12.3. The maximum Gasteiger partial charge on any atom is 0.317 e. The number of aromatic nitrogens is 2. The van der Waals surface area contributed by atoms with Crippen molar-refractivity contribution in [1.29, 1.82) is 0 Å². The van der Waals surface area contributed by atoms with Crippen molar-refractivity contribution in [3.05, 3.63) is 40.4 Å². The molecule has 2 aromatic rings. The highest BCUT2D eigenvalue weighted by Gasteiger charge is 2.17. The van der Waals surface area contributed by atoms with E-state index in [1.807, 2.05) is 12.1 Å². The molecular formula is C15H18N4O3. The quantitative estimate of drug-likeness (QED) is 0.875. The fourth-order valence-electron chi connectivity index (χ4n) is 2.45. The number of carbonyl (C=O) groups excluding carboxylic acids is 1. The summed E-state index contributed by atoms with van der Waals surface area (Å²) in [7, 11) is 1.66. The molecule has 1 fully saturated rings. The second-order valence-electron chi connectivity index (χ2n) is 5.17. The van der Waals surface area contributed by atoms with Gasteiger partial charge in [-0.15, -0.1) is 0 Å². The summed E-state index contributed by atoms with van der Waals surface area (Å²) in [5.41, 5.74) is 0.530. The summed E-state index contributed by atoms with van der Waals surface area (Å²) in [6.07, 6.45) is 0. The lowest BCUT2D eigenvalue weighted by Crippen LogP contribution is -2.46. The number of fused-ring (bicyclic) bond motifs is 1. The fraction of sp³-hybridized carbons (Fsp3) is 0.400. The number of morpholine rings is 1. The summed E-state index contributed by atoms with van der Waals surface area (Å²) in [4.78, 5) is 30.5. The third-order valence-electron chi connectivity index (χ3n) is 3.77. The second-order valence-corrected chi connectivity index (χ2v) is 5.17. The van der Waals surface area contributed by atoms with Crippen molar-refractivity contribution in [2.45, 2.75) is 6.54 Å². The van der Waals surface area contributed by atoms with Gasteiger partial charge in [-0.25, -0.2) is 9.78 Å². The highest BCUT2D eigenvalue weighted by atomic mass is 16.5. The predicted molar refractivity (Wildman–Crippen MR) is 81.6 cm³/mol. The molecule has 22 heavy (non-hydrogen) atoms. The first-order valence-electron chi connectivity index (χ1n) is 7.22. The van der Waals surface area contributed by atoms with Crippen LogP contribution < -0.4 is 10.9 Å². The molecule has 0 aliphatic carbocycles. The molecule has 3 rings (SSSR count).